The Bertz CT molecular complexity index is 611. The molecule has 0 bridgehead atoms. The van der Waals surface area contributed by atoms with Crippen LogP contribution in [0, 0.1) is 0 Å². The number of nitrogens with zero attached hydrogens (tertiary/aromatic N) is 2. The summed E-state index contributed by atoms with van der Waals surface area (Å²) in [5.74, 6) is -0.376. The minimum Gasteiger partial charge on any atom is -0.383 e. The molecule has 94 valence electrons. The van der Waals surface area contributed by atoms with Crippen molar-refractivity contribution in [3.8, 4) is 5.69 Å². The predicted molar refractivity (Wildman–Crippen MR) is 73.3 cm³/mol. The largest absolute Gasteiger partial charge is 0.383 e. The van der Waals surface area contributed by atoms with E-state index >= 15 is 0 Å². The number of primary amides is 1. The van der Waals surface area contributed by atoms with Crippen molar-refractivity contribution in [2.45, 2.75) is 5.03 Å². The van der Waals surface area contributed by atoms with Crippen molar-refractivity contribution in [1.82, 2.24) is 9.78 Å². The monoisotopic (exact) mass is 282 g/mol. The number of carbonyl (C=O) groups excluding carboxylic acids is 1. The Morgan fingerprint density at radius 3 is 2.72 bits per heavy atom. The van der Waals surface area contributed by atoms with E-state index in [1.165, 1.54) is 16.4 Å². The van der Waals surface area contributed by atoms with E-state index in [0.717, 1.165) is 0 Å². The number of carbonyl (C=O) groups is 1. The standard InChI is InChI=1S/C11H11ClN4OS/c1-18-11-8(10(14)17)9(13)16(15-11)7-4-2-3-6(12)5-7/h2-5H,13H2,1H3,(H2,14,17). The first kappa shape index (κ1) is 12.8. The molecule has 5 nitrogen and oxygen atoms in total. The molecule has 0 fully saturated rings. The Morgan fingerprint density at radius 1 is 1.50 bits per heavy atom. The Hall–Kier alpha value is -1.66. The number of anilines is 1. The van der Waals surface area contributed by atoms with Crippen molar-refractivity contribution in [1.29, 1.82) is 0 Å². The zero-order valence-corrected chi connectivity index (χ0v) is 11.1. The highest BCUT2D eigenvalue weighted by molar-refractivity contribution is 7.98. The maximum Gasteiger partial charge on any atom is 0.255 e. The SMILES string of the molecule is CSc1nn(-c2cccc(Cl)c2)c(N)c1C(N)=O. The average Bonchev–Trinajstić information content (AvgIpc) is 2.66. The van der Waals surface area contributed by atoms with Crippen molar-refractivity contribution in [2.24, 2.45) is 5.73 Å². The molecule has 0 aliphatic carbocycles. The molecular formula is C11H11ClN4OS. The summed E-state index contributed by atoms with van der Waals surface area (Å²) in [4.78, 5) is 11.4. The predicted octanol–water partition coefficient (Wildman–Crippen LogP) is 1.93. The van der Waals surface area contributed by atoms with Crippen LogP contribution >= 0.6 is 23.4 Å². The molecule has 0 aliphatic heterocycles. The molecule has 7 heteroatoms. The maximum absolute atomic E-state index is 11.4. The molecule has 0 radical (unpaired) electrons. The molecule has 18 heavy (non-hydrogen) atoms. The van der Waals surface area contributed by atoms with E-state index in [-0.39, 0.29) is 11.4 Å². The van der Waals surface area contributed by atoms with Gasteiger partial charge < -0.3 is 11.5 Å². The van der Waals surface area contributed by atoms with Gasteiger partial charge in [0.2, 0.25) is 0 Å². The summed E-state index contributed by atoms with van der Waals surface area (Å²) < 4.78 is 1.46. The highest BCUT2D eigenvalue weighted by Crippen LogP contribution is 2.27. The Balaban J connectivity index is 2.63. The van der Waals surface area contributed by atoms with Crippen LogP contribution in [0.3, 0.4) is 0 Å². The molecule has 0 saturated heterocycles. The number of rotatable bonds is 3. The molecule has 1 aromatic heterocycles. The minimum atomic E-state index is -0.592. The van der Waals surface area contributed by atoms with Gasteiger partial charge in [-0.3, -0.25) is 4.79 Å². The van der Waals surface area contributed by atoms with E-state index in [4.69, 9.17) is 23.1 Å². The first-order chi connectivity index (χ1) is 8.54. The number of hydrogen-bond acceptors (Lipinski definition) is 4. The second-order valence-corrected chi connectivity index (χ2v) is 4.76. The third-order valence-corrected chi connectivity index (χ3v) is 3.29. The molecule has 0 unspecified atom stereocenters. The van der Waals surface area contributed by atoms with Crippen molar-refractivity contribution < 1.29 is 4.79 Å². The van der Waals surface area contributed by atoms with Gasteiger partial charge in [-0.2, -0.15) is 5.10 Å². The molecule has 4 N–H and O–H groups in total. The highest BCUT2D eigenvalue weighted by Gasteiger charge is 2.20. The van der Waals surface area contributed by atoms with Gasteiger partial charge in [0, 0.05) is 5.02 Å². The van der Waals surface area contributed by atoms with Crippen molar-refractivity contribution in [3.63, 3.8) is 0 Å². The number of thioether (sulfide) groups is 1. The van der Waals surface area contributed by atoms with Crippen LogP contribution in [-0.4, -0.2) is 21.9 Å². The van der Waals surface area contributed by atoms with Gasteiger partial charge in [0.05, 0.1) is 5.69 Å². The first-order valence-corrected chi connectivity index (χ1v) is 6.63. The lowest BCUT2D eigenvalue weighted by Gasteiger charge is -2.04. The van der Waals surface area contributed by atoms with Gasteiger partial charge in [-0.05, 0) is 24.5 Å². The van der Waals surface area contributed by atoms with Gasteiger partial charge in [-0.25, -0.2) is 4.68 Å². The van der Waals surface area contributed by atoms with Crippen LogP contribution in [0.2, 0.25) is 5.02 Å². The molecule has 2 aromatic rings. The van der Waals surface area contributed by atoms with Crippen LogP contribution in [0.1, 0.15) is 10.4 Å². The fourth-order valence-corrected chi connectivity index (χ4v) is 2.35. The summed E-state index contributed by atoms with van der Waals surface area (Å²) in [6.07, 6.45) is 1.80. The van der Waals surface area contributed by atoms with E-state index in [9.17, 15) is 4.79 Å². The van der Waals surface area contributed by atoms with E-state index in [0.29, 0.717) is 15.7 Å². The summed E-state index contributed by atoms with van der Waals surface area (Å²) in [5.41, 5.74) is 12.1. The Labute approximate surface area is 113 Å². The molecule has 1 heterocycles. The molecule has 2 rings (SSSR count). The van der Waals surface area contributed by atoms with Crippen LogP contribution in [-0.2, 0) is 0 Å². The zero-order chi connectivity index (χ0) is 13.3. The van der Waals surface area contributed by atoms with Gasteiger partial charge in [0.1, 0.15) is 16.4 Å². The number of aromatic nitrogens is 2. The zero-order valence-electron chi connectivity index (χ0n) is 9.55. The van der Waals surface area contributed by atoms with Crippen molar-refractivity contribution in [3.05, 3.63) is 34.9 Å². The van der Waals surface area contributed by atoms with E-state index in [1.54, 1.807) is 30.5 Å². The second-order valence-electron chi connectivity index (χ2n) is 3.53. The minimum absolute atomic E-state index is 0.217. The van der Waals surface area contributed by atoms with E-state index < -0.39 is 5.91 Å². The van der Waals surface area contributed by atoms with E-state index in [1.807, 2.05) is 0 Å². The van der Waals surface area contributed by atoms with E-state index in [2.05, 4.69) is 5.10 Å². The van der Waals surface area contributed by atoms with Gasteiger partial charge in [-0.1, -0.05) is 17.7 Å². The third kappa shape index (κ3) is 2.16. The van der Waals surface area contributed by atoms with Crippen LogP contribution in [0.5, 0.6) is 0 Å². The smallest absolute Gasteiger partial charge is 0.255 e. The third-order valence-electron chi connectivity index (χ3n) is 2.38. The number of amides is 1. The average molecular weight is 283 g/mol. The lowest BCUT2D eigenvalue weighted by molar-refractivity contribution is 0.0998. The lowest BCUT2D eigenvalue weighted by Crippen LogP contribution is -2.14. The van der Waals surface area contributed by atoms with Crippen molar-refractivity contribution in [2.75, 3.05) is 12.0 Å². The molecule has 0 spiro atoms. The fraction of sp³-hybridized carbons (Fsp3) is 0.0909. The highest BCUT2D eigenvalue weighted by atomic mass is 35.5. The second kappa shape index (κ2) is 4.91. The van der Waals surface area contributed by atoms with Gasteiger partial charge in [0.15, 0.2) is 0 Å². The maximum atomic E-state index is 11.4. The quantitative estimate of drug-likeness (QED) is 0.842. The summed E-state index contributed by atoms with van der Waals surface area (Å²) in [6.45, 7) is 0. The number of benzene rings is 1. The number of nitrogens with two attached hydrogens (primary N) is 2. The normalized spacial score (nSPS) is 10.6. The molecular weight excluding hydrogens is 272 g/mol. The fourth-order valence-electron chi connectivity index (χ4n) is 1.59. The first-order valence-electron chi connectivity index (χ1n) is 5.03. The molecule has 0 saturated carbocycles. The molecule has 0 atom stereocenters. The lowest BCUT2D eigenvalue weighted by atomic mass is 10.3. The number of halogens is 1. The summed E-state index contributed by atoms with van der Waals surface area (Å²) in [6, 6.07) is 7.03. The molecule has 1 aromatic carbocycles. The molecule has 1 amide bonds. The van der Waals surface area contributed by atoms with Crippen molar-refractivity contribution >= 4 is 35.1 Å². The number of nitrogen functional groups attached to an aromatic ring is 1. The van der Waals surface area contributed by atoms with Gasteiger partial charge in [-0.15, -0.1) is 11.8 Å². The van der Waals surface area contributed by atoms with Gasteiger partial charge >= 0.3 is 0 Å². The summed E-state index contributed by atoms with van der Waals surface area (Å²) in [7, 11) is 0. The van der Waals surface area contributed by atoms with Crippen LogP contribution < -0.4 is 11.5 Å². The summed E-state index contributed by atoms with van der Waals surface area (Å²) >= 11 is 7.22. The van der Waals surface area contributed by atoms with Crippen LogP contribution in [0.4, 0.5) is 5.82 Å². The number of hydrogen-bond donors (Lipinski definition) is 2. The van der Waals surface area contributed by atoms with Crippen LogP contribution in [0.25, 0.3) is 5.69 Å². The Morgan fingerprint density at radius 2 is 2.22 bits per heavy atom. The van der Waals surface area contributed by atoms with Gasteiger partial charge in [0.25, 0.3) is 5.91 Å². The Kier molecular flexibility index (Phi) is 3.49. The molecule has 0 aliphatic rings. The topological polar surface area (TPSA) is 86.9 Å². The summed E-state index contributed by atoms with van der Waals surface area (Å²) in [5, 5.41) is 5.32. The van der Waals surface area contributed by atoms with Crippen LogP contribution in [0.15, 0.2) is 29.3 Å².